The van der Waals surface area contributed by atoms with Crippen LogP contribution in [0.4, 0.5) is 8.78 Å². The number of carbonyl (C=O) groups is 2. The number of halogens is 3. The van der Waals surface area contributed by atoms with E-state index in [0.29, 0.717) is 19.4 Å². The zero-order valence-corrected chi connectivity index (χ0v) is 19.3. The summed E-state index contributed by atoms with van der Waals surface area (Å²) < 4.78 is 52.2. The molecule has 1 aliphatic carbocycles. The molecule has 0 spiro atoms. The molecule has 1 saturated heterocycles. The molecule has 0 bridgehead atoms. The zero-order chi connectivity index (χ0) is 23.9. The van der Waals surface area contributed by atoms with Gasteiger partial charge >= 0.3 is 0 Å². The summed E-state index contributed by atoms with van der Waals surface area (Å²) in [7, 11) is -3.54. The van der Waals surface area contributed by atoms with Crippen LogP contribution < -0.4 is 5.32 Å². The molecule has 0 radical (unpaired) electrons. The molecule has 2 atom stereocenters. The fourth-order valence-corrected chi connectivity index (χ4v) is 4.88. The molecular formula is C22H22ClF2N3O4S. The van der Waals surface area contributed by atoms with Crippen LogP contribution in [0.2, 0.25) is 5.02 Å². The highest BCUT2D eigenvalue weighted by molar-refractivity contribution is 7.90. The number of carbonyl (C=O) groups excluding carboxylic acids is 2. The Morgan fingerprint density at radius 3 is 2.58 bits per heavy atom. The van der Waals surface area contributed by atoms with E-state index in [-0.39, 0.29) is 27.1 Å². The number of pyridine rings is 1. The fraction of sp³-hybridized carbons (Fsp3) is 0.409. The van der Waals surface area contributed by atoms with Crippen molar-refractivity contribution in [2.24, 2.45) is 5.92 Å². The number of aromatic nitrogens is 1. The highest BCUT2D eigenvalue weighted by Gasteiger charge is 2.40. The molecule has 1 saturated carbocycles. The van der Waals surface area contributed by atoms with Crippen LogP contribution in [0.25, 0.3) is 0 Å². The molecule has 2 heterocycles. The third-order valence-electron chi connectivity index (χ3n) is 5.96. The Morgan fingerprint density at radius 1 is 1.18 bits per heavy atom. The molecule has 1 aromatic heterocycles. The number of hydrogen-bond donors (Lipinski definition) is 1. The maximum absolute atomic E-state index is 14.5. The summed E-state index contributed by atoms with van der Waals surface area (Å²) in [5.74, 6) is -2.57. The minimum Gasteiger partial charge on any atom is -0.347 e. The Bertz CT molecular complexity index is 1220. The lowest BCUT2D eigenvalue weighted by atomic mass is 10.0. The van der Waals surface area contributed by atoms with Gasteiger partial charge in [-0.15, -0.1) is 0 Å². The van der Waals surface area contributed by atoms with Crippen LogP contribution in [0.1, 0.15) is 47.8 Å². The quantitative estimate of drug-likeness (QED) is 0.618. The van der Waals surface area contributed by atoms with Gasteiger partial charge in [-0.25, -0.2) is 17.2 Å². The third-order valence-corrected chi connectivity index (χ3v) is 7.36. The number of nitrogens with zero attached hydrogens (tertiary/aromatic N) is 2. The van der Waals surface area contributed by atoms with Crippen LogP contribution in [0, 0.1) is 17.6 Å². The lowest BCUT2D eigenvalue weighted by Gasteiger charge is -2.27. The maximum Gasteiger partial charge on any atom is 0.273 e. The van der Waals surface area contributed by atoms with Gasteiger partial charge in [0.05, 0.1) is 16.0 Å². The molecule has 2 aromatic rings. The van der Waals surface area contributed by atoms with Crippen LogP contribution in [0.5, 0.6) is 0 Å². The van der Waals surface area contributed by atoms with E-state index in [1.807, 2.05) is 0 Å². The van der Waals surface area contributed by atoms with E-state index in [9.17, 15) is 26.8 Å². The standard InChI is InChI=1S/C22H22ClF2N3O4S/c1-33(31,32)13-6-7-26-18(9-13)22(30)28-8-2-3-19(28)21(29)27-20(12-4-5-12)14-10-17(25)15(23)11-16(14)24/h6-7,9-12,19-20H,2-5,8H2,1H3,(H,27,29)/t19-,20-/m1/s1. The van der Waals surface area contributed by atoms with Crippen LogP contribution in [0.3, 0.4) is 0 Å². The van der Waals surface area contributed by atoms with Gasteiger partial charge in [0.2, 0.25) is 5.91 Å². The second-order valence-corrected chi connectivity index (χ2v) is 10.8. The average molecular weight is 498 g/mol. The van der Waals surface area contributed by atoms with Gasteiger partial charge in [-0.05, 0) is 55.9 Å². The van der Waals surface area contributed by atoms with Gasteiger partial charge in [0.15, 0.2) is 9.84 Å². The Balaban J connectivity index is 1.55. The van der Waals surface area contributed by atoms with Gasteiger partial charge in [0, 0.05) is 24.6 Å². The summed E-state index contributed by atoms with van der Waals surface area (Å²) in [5.41, 5.74) is -0.0617. The van der Waals surface area contributed by atoms with Crippen molar-refractivity contribution in [1.29, 1.82) is 0 Å². The van der Waals surface area contributed by atoms with Crippen molar-refractivity contribution >= 4 is 33.3 Å². The summed E-state index contributed by atoms with van der Waals surface area (Å²) in [4.78, 5) is 31.4. The average Bonchev–Trinajstić information content (AvgIpc) is 3.49. The lowest BCUT2D eigenvalue weighted by molar-refractivity contribution is -0.125. The first kappa shape index (κ1) is 23.6. The van der Waals surface area contributed by atoms with E-state index in [1.165, 1.54) is 23.2 Å². The predicted molar refractivity (Wildman–Crippen MR) is 116 cm³/mol. The molecule has 33 heavy (non-hydrogen) atoms. The summed E-state index contributed by atoms with van der Waals surface area (Å²) in [6, 6.07) is 2.79. The number of amides is 2. The van der Waals surface area contributed by atoms with Crippen LogP contribution in [0.15, 0.2) is 35.4 Å². The van der Waals surface area contributed by atoms with Crippen LogP contribution >= 0.6 is 11.6 Å². The highest BCUT2D eigenvalue weighted by Crippen LogP contribution is 2.42. The third kappa shape index (κ3) is 5.01. The van der Waals surface area contributed by atoms with Crippen molar-refractivity contribution in [3.05, 3.63) is 58.4 Å². The highest BCUT2D eigenvalue weighted by atomic mass is 35.5. The van der Waals surface area contributed by atoms with Gasteiger partial charge in [-0.1, -0.05) is 11.6 Å². The molecule has 11 heteroatoms. The molecular weight excluding hydrogens is 476 g/mol. The van der Waals surface area contributed by atoms with E-state index < -0.39 is 45.4 Å². The maximum atomic E-state index is 14.5. The number of likely N-dealkylation sites (tertiary alicyclic amines) is 1. The molecule has 2 aliphatic rings. The van der Waals surface area contributed by atoms with Crippen LogP contribution in [-0.2, 0) is 14.6 Å². The van der Waals surface area contributed by atoms with Gasteiger partial charge in [0.1, 0.15) is 23.4 Å². The molecule has 0 unspecified atom stereocenters. The predicted octanol–water partition coefficient (Wildman–Crippen LogP) is 3.29. The smallest absolute Gasteiger partial charge is 0.273 e. The summed E-state index contributed by atoms with van der Waals surface area (Å²) in [6.07, 6.45) is 4.72. The van der Waals surface area contributed by atoms with Gasteiger partial charge < -0.3 is 10.2 Å². The Hall–Kier alpha value is -2.59. The molecule has 2 fully saturated rings. The van der Waals surface area contributed by atoms with Crippen molar-refractivity contribution in [2.45, 2.75) is 42.7 Å². The van der Waals surface area contributed by atoms with Gasteiger partial charge in [0.25, 0.3) is 5.91 Å². The minimum absolute atomic E-state index is 0.0196. The van der Waals surface area contributed by atoms with Crippen molar-refractivity contribution in [2.75, 3.05) is 12.8 Å². The fourth-order valence-electron chi connectivity index (χ4n) is 4.09. The second-order valence-electron chi connectivity index (χ2n) is 8.42. The van der Waals surface area contributed by atoms with Crippen molar-refractivity contribution in [1.82, 2.24) is 15.2 Å². The van der Waals surface area contributed by atoms with E-state index in [2.05, 4.69) is 10.3 Å². The van der Waals surface area contributed by atoms with Crippen molar-refractivity contribution in [3.63, 3.8) is 0 Å². The summed E-state index contributed by atoms with van der Waals surface area (Å²) >= 11 is 5.66. The van der Waals surface area contributed by atoms with Crippen LogP contribution in [-0.4, -0.2) is 49.0 Å². The van der Waals surface area contributed by atoms with Gasteiger partial charge in [-0.2, -0.15) is 0 Å². The first-order valence-electron chi connectivity index (χ1n) is 10.5. The summed E-state index contributed by atoms with van der Waals surface area (Å²) in [5, 5.41) is 2.46. The molecule has 1 N–H and O–H groups in total. The Kier molecular flexibility index (Phi) is 6.41. The van der Waals surface area contributed by atoms with Crippen molar-refractivity contribution < 1.29 is 26.8 Å². The first-order chi connectivity index (χ1) is 15.6. The number of rotatable bonds is 6. The molecule has 1 aromatic carbocycles. The number of sulfone groups is 1. The summed E-state index contributed by atoms with van der Waals surface area (Å²) in [6.45, 7) is 0.291. The number of benzene rings is 1. The molecule has 176 valence electrons. The molecule has 7 nitrogen and oxygen atoms in total. The number of hydrogen-bond acceptors (Lipinski definition) is 5. The molecule has 1 aliphatic heterocycles. The van der Waals surface area contributed by atoms with E-state index in [0.717, 1.165) is 31.2 Å². The van der Waals surface area contributed by atoms with E-state index in [1.54, 1.807) is 0 Å². The molecule has 2 amide bonds. The lowest BCUT2D eigenvalue weighted by Crippen LogP contribution is -2.47. The largest absolute Gasteiger partial charge is 0.347 e. The second kappa shape index (κ2) is 8.98. The van der Waals surface area contributed by atoms with E-state index >= 15 is 0 Å². The zero-order valence-electron chi connectivity index (χ0n) is 17.7. The Labute approximate surface area is 195 Å². The Morgan fingerprint density at radius 2 is 1.91 bits per heavy atom. The molecule has 4 rings (SSSR count). The monoisotopic (exact) mass is 497 g/mol. The number of nitrogens with one attached hydrogen (secondary N) is 1. The van der Waals surface area contributed by atoms with Gasteiger partial charge in [-0.3, -0.25) is 14.6 Å². The topological polar surface area (TPSA) is 96.4 Å². The first-order valence-corrected chi connectivity index (χ1v) is 12.7. The normalized spacial score (nSPS) is 19.4. The van der Waals surface area contributed by atoms with E-state index in [4.69, 9.17) is 11.6 Å². The van der Waals surface area contributed by atoms with Crippen molar-refractivity contribution in [3.8, 4) is 0 Å². The minimum atomic E-state index is -3.54. The SMILES string of the molecule is CS(=O)(=O)c1ccnc(C(=O)N2CCC[C@@H]2C(=O)N[C@@H](c2cc(F)c(Cl)cc2F)C2CC2)c1.